The number of amides is 4. The van der Waals surface area contributed by atoms with Crippen LogP contribution in [0.3, 0.4) is 0 Å². The molecule has 114 valence electrons. The summed E-state index contributed by atoms with van der Waals surface area (Å²) in [5.74, 6) is -2.20. The van der Waals surface area contributed by atoms with Crippen LogP contribution in [0.1, 0.15) is 20.8 Å². The summed E-state index contributed by atoms with van der Waals surface area (Å²) >= 11 is 1.01. The average Bonchev–Trinajstić information content (AvgIpc) is 2.25. The Bertz CT molecular complexity index is 386. The maximum Gasteiger partial charge on any atom is 0.327 e. The largest absolute Gasteiger partial charge is 0.480 e. The van der Waals surface area contributed by atoms with Crippen LogP contribution < -0.4 is 16.0 Å². The molecule has 9 heteroatoms. The van der Waals surface area contributed by atoms with Gasteiger partial charge in [0.05, 0.1) is 5.75 Å². The first-order valence-electron chi connectivity index (χ1n) is 5.90. The third-order valence-electron chi connectivity index (χ3n) is 1.87. The Morgan fingerprint density at radius 1 is 1.15 bits per heavy atom. The lowest BCUT2D eigenvalue weighted by atomic mass is 10.3. The van der Waals surface area contributed by atoms with Gasteiger partial charge < -0.3 is 15.7 Å². The number of nitrogens with one attached hydrogen (secondary N) is 3. The fourth-order valence-corrected chi connectivity index (χ4v) is 1.99. The molecule has 4 amide bonds. The first-order chi connectivity index (χ1) is 9.22. The fraction of sp³-hybridized carbons (Fsp3) is 0.636. The smallest absolute Gasteiger partial charge is 0.327 e. The van der Waals surface area contributed by atoms with E-state index in [-0.39, 0.29) is 17.5 Å². The molecule has 4 N–H and O–H groups in total. The molecule has 0 bridgehead atoms. The SMILES string of the molecule is CC(=O)N[C@@H](CSCC(=O)NC(=O)NC(C)C)C(=O)O. The summed E-state index contributed by atoms with van der Waals surface area (Å²) < 4.78 is 0. The second-order valence-electron chi connectivity index (χ2n) is 4.28. The van der Waals surface area contributed by atoms with Crippen molar-refractivity contribution in [2.75, 3.05) is 11.5 Å². The van der Waals surface area contributed by atoms with Gasteiger partial charge in [-0.25, -0.2) is 9.59 Å². The molecule has 0 fully saturated rings. The number of carboxylic acids is 1. The van der Waals surface area contributed by atoms with Crippen LogP contribution in [0.4, 0.5) is 4.79 Å². The Balaban J connectivity index is 4.02. The number of thioether (sulfide) groups is 1. The Morgan fingerprint density at radius 2 is 1.75 bits per heavy atom. The van der Waals surface area contributed by atoms with Gasteiger partial charge in [-0.1, -0.05) is 0 Å². The maximum atomic E-state index is 11.4. The van der Waals surface area contributed by atoms with Crippen LogP contribution in [0, 0.1) is 0 Å². The average molecular weight is 305 g/mol. The van der Waals surface area contributed by atoms with E-state index >= 15 is 0 Å². The number of carbonyl (C=O) groups is 4. The molecule has 0 radical (unpaired) electrons. The van der Waals surface area contributed by atoms with E-state index in [2.05, 4.69) is 16.0 Å². The highest BCUT2D eigenvalue weighted by Gasteiger charge is 2.19. The molecule has 0 unspecified atom stereocenters. The van der Waals surface area contributed by atoms with Crippen LogP contribution in [0.15, 0.2) is 0 Å². The number of aliphatic carboxylic acids is 1. The predicted molar refractivity (Wildman–Crippen MR) is 74.4 cm³/mol. The highest BCUT2D eigenvalue weighted by atomic mass is 32.2. The molecule has 0 aromatic rings. The van der Waals surface area contributed by atoms with E-state index in [0.717, 1.165) is 11.8 Å². The minimum absolute atomic E-state index is 0.0358. The Hall–Kier alpha value is -1.77. The molecule has 0 rings (SSSR count). The molecule has 0 aromatic carbocycles. The van der Waals surface area contributed by atoms with Gasteiger partial charge in [0.15, 0.2) is 0 Å². The number of carbonyl (C=O) groups excluding carboxylic acids is 3. The first-order valence-corrected chi connectivity index (χ1v) is 7.05. The van der Waals surface area contributed by atoms with Gasteiger partial charge in [0.2, 0.25) is 11.8 Å². The van der Waals surface area contributed by atoms with Crippen molar-refractivity contribution in [3.05, 3.63) is 0 Å². The zero-order valence-corrected chi connectivity index (χ0v) is 12.4. The molecule has 0 saturated carbocycles. The molecule has 0 aliphatic carbocycles. The van der Waals surface area contributed by atoms with Crippen molar-refractivity contribution in [2.45, 2.75) is 32.9 Å². The number of rotatable bonds is 7. The summed E-state index contributed by atoms with van der Waals surface area (Å²) in [7, 11) is 0. The lowest BCUT2D eigenvalue weighted by molar-refractivity contribution is -0.140. The van der Waals surface area contributed by atoms with Crippen molar-refractivity contribution >= 4 is 35.6 Å². The topological polar surface area (TPSA) is 125 Å². The summed E-state index contributed by atoms with van der Waals surface area (Å²) in [6.07, 6.45) is 0. The highest BCUT2D eigenvalue weighted by molar-refractivity contribution is 8.00. The molecule has 8 nitrogen and oxygen atoms in total. The van der Waals surface area contributed by atoms with Crippen molar-refractivity contribution in [3.63, 3.8) is 0 Å². The Kier molecular flexibility index (Phi) is 8.37. The molecular formula is C11H19N3O5S. The van der Waals surface area contributed by atoms with Crippen LogP contribution in [0.2, 0.25) is 0 Å². The lowest BCUT2D eigenvalue weighted by Gasteiger charge is -2.13. The van der Waals surface area contributed by atoms with Crippen LogP contribution in [-0.4, -0.2) is 52.5 Å². The van der Waals surface area contributed by atoms with E-state index in [1.165, 1.54) is 6.92 Å². The van der Waals surface area contributed by atoms with E-state index in [9.17, 15) is 19.2 Å². The van der Waals surface area contributed by atoms with Gasteiger partial charge in [-0.15, -0.1) is 11.8 Å². The maximum absolute atomic E-state index is 11.4. The molecule has 0 heterocycles. The van der Waals surface area contributed by atoms with E-state index in [1.807, 2.05) is 0 Å². The molecular weight excluding hydrogens is 286 g/mol. The van der Waals surface area contributed by atoms with Crippen molar-refractivity contribution in [3.8, 4) is 0 Å². The van der Waals surface area contributed by atoms with Crippen LogP contribution in [-0.2, 0) is 14.4 Å². The number of urea groups is 1. The second-order valence-corrected chi connectivity index (χ2v) is 5.31. The molecule has 1 atom stereocenters. The number of carboxylic acid groups (broad SMARTS) is 1. The van der Waals surface area contributed by atoms with Crippen LogP contribution in [0.5, 0.6) is 0 Å². The number of hydrogen-bond donors (Lipinski definition) is 4. The summed E-state index contributed by atoms with van der Waals surface area (Å²) in [5.41, 5.74) is 0. The zero-order valence-electron chi connectivity index (χ0n) is 11.6. The summed E-state index contributed by atoms with van der Waals surface area (Å²) in [5, 5.41) is 15.7. The van der Waals surface area contributed by atoms with E-state index in [1.54, 1.807) is 13.8 Å². The zero-order chi connectivity index (χ0) is 15.7. The van der Waals surface area contributed by atoms with Gasteiger partial charge in [0.1, 0.15) is 6.04 Å². The van der Waals surface area contributed by atoms with Crippen LogP contribution >= 0.6 is 11.8 Å². The van der Waals surface area contributed by atoms with E-state index in [4.69, 9.17) is 5.11 Å². The third-order valence-corrected chi connectivity index (χ3v) is 2.90. The quantitative estimate of drug-likeness (QED) is 0.504. The Morgan fingerprint density at radius 3 is 2.20 bits per heavy atom. The molecule has 0 spiro atoms. The van der Waals surface area contributed by atoms with Crippen molar-refractivity contribution in [1.29, 1.82) is 0 Å². The summed E-state index contributed by atoms with van der Waals surface area (Å²) in [4.78, 5) is 44.2. The van der Waals surface area contributed by atoms with E-state index < -0.39 is 29.9 Å². The molecule has 0 aromatic heterocycles. The van der Waals surface area contributed by atoms with Crippen molar-refractivity contribution < 1.29 is 24.3 Å². The normalized spacial score (nSPS) is 11.6. The predicted octanol–water partition coefficient (Wildman–Crippen LogP) is -0.457. The summed E-state index contributed by atoms with van der Waals surface area (Å²) in [6.45, 7) is 4.72. The Labute approximate surface area is 121 Å². The molecule has 0 saturated heterocycles. The van der Waals surface area contributed by atoms with Crippen molar-refractivity contribution in [1.82, 2.24) is 16.0 Å². The van der Waals surface area contributed by atoms with Gasteiger partial charge >= 0.3 is 12.0 Å². The molecule has 0 aliphatic rings. The van der Waals surface area contributed by atoms with Gasteiger partial charge in [0.25, 0.3) is 0 Å². The van der Waals surface area contributed by atoms with Gasteiger partial charge in [0, 0.05) is 18.7 Å². The minimum Gasteiger partial charge on any atom is -0.480 e. The second kappa shape index (κ2) is 9.18. The molecule has 0 aliphatic heterocycles. The van der Waals surface area contributed by atoms with Crippen molar-refractivity contribution in [2.24, 2.45) is 0 Å². The number of imide groups is 1. The number of hydrogen-bond acceptors (Lipinski definition) is 5. The first kappa shape index (κ1) is 18.2. The third kappa shape index (κ3) is 9.20. The summed E-state index contributed by atoms with van der Waals surface area (Å²) in [6, 6.07) is -1.75. The lowest BCUT2D eigenvalue weighted by Crippen LogP contribution is -2.44. The highest BCUT2D eigenvalue weighted by Crippen LogP contribution is 2.03. The van der Waals surface area contributed by atoms with Gasteiger partial charge in [-0.05, 0) is 13.8 Å². The van der Waals surface area contributed by atoms with Gasteiger partial charge in [-0.2, -0.15) is 0 Å². The standard InChI is InChI=1S/C11H19N3O5S/c1-6(2)12-11(19)14-9(16)5-20-4-8(10(17)18)13-7(3)15/h6,8H,4-5H2,1-3H3,(H,13,15)(H,17,18)(H2,12,14,16,19)/t8-/m0/s1. The fourth-order valence-electron chi connectivity index (χ4n) is 1.15. The minimum atomic E-state index is -1.18. The van der Waals surface area contributed by atoms with Crippen LogP contribution in [0.25, 0.3) is 0 Å². The van der Waals surface area contributed by atoms with Gasteiger partial charge in [-0.3, -0.25) is 14.9 Å². The molecule has 20 heavy (non-hydrogen) atoms. The monoisotopic (exact) mass is 305 g/mol. The van der Waals surface area contributed by atoms with E-state index in [0.29, 0.717) is 0 Å².